The van der Waals surface area contributed by atoms with Crippen LogP contribution in [-0.4, -0.2) is 28.2 Å². The van der Waals surface area contributed by atoms with Gasteiger partial charge in [-0.1, -0.05) is 43.8 Å². The smallest absolute Gasteiger partial charge is 0.237 e. The Morgan fingerprint density at radius 3 is 2.78 bits per heavy atom. The highest BCUT2D eigenvalue weighted by atomic mass is 32.2. The first-order valence-corrected chi connectivity index (χ1v) is 10.00. The summed E-state index contributed by atoms with van der Waals surface area (Å²) in [4.78, 5) is 20.5. The second kappa shape index (κ2) is 8.48. The number of aromatic amines is 1. The number of hydrogen-bond acceptors (Lipinski definition) is 4. The molecule has 0 aliphatic heterocycles. The summed E-state index contributed by atoms with van der Waals surface area (Å²) >= 11 is 1.41. The predicted octanol–water partition coefficient (Wildman–Crippen LogP) is 5.20. The Morgan fingerprint density at radius 2 is 2.04 bits per heavy atom. The number of ether oxygens (including phenoxy) is 1. The second-order valence-electron chi connectivity index (χ2n) is 6.57. The molecule has 3 aromatic rings. The van der Waals surface area contributed by atoms with Crippen LogP contribution in [0.5, 0.6) is 5.75 Å². The molecule has 0 aliphatic rings. The molecule has 0 saturated heterocycles. The van der Waals surface area contributed by atoms with E-state index in [2.05, 4.69) is 35.2 Å². The van der Waals surface area contributed by atoms with E-state index in [0.29, 0.717) is 5.92 Å². The number of aromatic nitrogens is 2. The summed E-state index contributed by atoms with van der Waals surface area (Å²) in [5.41, 5.74) is 3.81. The number of hydrogen-bond donors (Lipinski definition) is 2. The number of methoxy groups -OCH3 is 1. The molecular weight excluding hydrogens is 358 g/mol. The van der Waals surface area contributed by atoms with E-state index in [4.69, 9.17) is 4.74 Å². The lowest BCUT2D eigenvalue weighted by Gasteiger charge is -2.17. The van der Waals surface area contributed by atoms with Crippen LogP contribution >= 0.6 is 11.8 Å². The molecule has 3 rings (SSSR count). The third-order valence-corrected chi connectivity index (χ3v) is 5.67. The number of carbonyl (C=O) groups is 1. The summed E-state index contributed by atoms with van der Waals surface area (Å²) in [5, 5.41) is 3.51. The van der Waals surface area contributed by atoms with Gasteiger partial charge in [-0.2, -0.15) is 0 Å². The molecule has 2 aromatic carbocycles. The van der Waals surface area contributed by atoms with Gasteiger partial charge in [-0.3, -0.25) is 4.79 Å². The molecule has 1 amide bonds. The molecule has 0 unspecified atom stereocenters. The third-order valence-electron chi connectivity index (χ3n) is 4.69. The molecule has 1 aromatic heterocycles. The maximum atomic E-state index is 12.7. The van der Waals surface area contributed by atoms with Gasteiger partial charge in [0.2, 0.25) is 5.91 Å². The van der Waals surface area contributed by atoms with Crippen molar-refractivity contribution in [1.29, 1.82) is 0 Å². The normalized spacial score (nSPS) is 13.3. The summed E-state index contributed by atoms with van der Waals surface area (Å²) in [6.45, 7) is 6.21. The predicted molar refractivity (Wildman–Crippen MR) is 112 cm³/mol. The molecule has 27 heavy (non-hydrogen) atoms. The summed E-state index contributed by atoms with van der Waals surface area (Å²) < 4.78 is 5.24. The number of amides is 1. The van der Waals surface area contributed by atoms with E-state index in [1.165, 1.54) is 17.3 Å². The molecule has 142 valence electrons. The Hall–Kier alpha value is -2.47. The highest BCUT2D eigenvalue weighted by Crippen LogP contribution is 2.29. The van der Waals surface area contributed by atoms with Crippen molar-refractivity contribution in [2.45, 2.75) is 43.5 Å². The number of anilines is 1. The quantitative estimate of drug-likeness (QED) is 0.550. The number of H-pyrrole nitrogens is 1. The van der Waals surface area contributed by atoms with Crippen molar-refractivity contribution >= 4 is 34.4 Å². The number of fused-ring (bicyclic) bond motifs is 1. The van der Waals surface area contributed by atoms with Gasteiger partial charge < -0.3 is 15.0 Å². The molecule has 2 atom stereocenters. The van der Waals surface area contributed by atoms with Crippen LogP contribution in [0.3, 0.4) is 0 Å². The zero-order valence-corrected chi connectivity index (χ0v) is 16.9. The van der Waals surface area contributed by atoms with Crippen LogP contribution in [0.2, 0.25) is 0 Å². The summed E-state index contributed by atoms with van der Waals surface area (Å²) in [5.74, 6) is 1.14. The van der Waals surface area contributed by atoms with Gasteiger partial charge in [0.05, 0.1) is 23.4 Å². The van der Waals surface area contributed by atoms with Crippen molar-refractivity contribution in [3.63, 3.8) is 0 Å². The number of imidazole rings is 1. The zero-order valence-electron chi connectivity index (χ0n) is 16.1. The summed E-state index contributed by atoms with van der Waals surface area (Å²) in [7, 11) is 1.64. The van der Waals surface area contributed by atoms with E-state index >= 15 is 0 Å². The van der Waals surface area contributed by atoms with Gasteiger partial charge in [0.15, 0.2) is 5.16 Å². The number of nitrogens with one attached hydrogen (secondary N) is 2. The Morgan fingerprint density at radius 1 is 1.26 bits per heavy atom. The van der Waals surface area contributed by atoms with E-state index in [0.717, 1.165) is 34.0 Å². The molecule has 2 N–H and O–H groups in total. The van der Waals surface area contributed by atoms with Crippen molar-refractivity contribution in [2.24, 2.45) is 0 Å². The van der Waals surface area contributed by atoms with Gasteiger partial charge in [-0.15, -0.1) is 0 Å². The van der Waals surface area contributed by atoms with Crippen molar-refractivity contribution in [3.05, 3.63) is 48.0 Å². The van der Waals surface area contributed by atoms with Gasteiger partial charge >= 0.3 is 0 Å². The van der Waals surface area contributed by atoms with E-state index in [-0.39, 0.29) is 11.2 Å². The molecule has 6 heteroatoms. The molecular formula is C21H25N3O2S. The van der Waals surface area contributed by atoms with Crippen LogP contribution in [0.25, 0.3) is 11.0 Å². The van der Waals surface area contributed by atoms with Crippen LogP contribution < -0.4 is 10.1 Å². The second-order valence-corrected chi connectivity index (χ2v) is 7.90. The third kappa shape index (κ3) is 4.45. The lowest BCUT2D eigenvalue weighted by Crippen LogP contribution is -2.23. The molecule has 1 heterocycles. The minimum Gasteiger partial charge on any atom is -0.497 e. The van der Waals surface area contributed by atoms with Crippen molar-refractivity contribution in [1.82, 2.24) is 9.97 Å². The Kier molecular flexibility index (Phi) is 6.06. The maximum absolute atomic E-state index is 12.7. The molecule has 0 saturated carbocycles. The van der Waals surface area contributed by atoms with Crippen molar-refractivity contribution in [3.8, 4) is 5.75 Å². The summed E-state index contributed by atoms with van der Waals surface area (Å²) in [6.07, 6.45) is 1.03. The fourth-order valence-electron chi connectivity index (χ4n) is 2.86. The van der Waals surface area contributed by atoms with Gasteiger partial charge in [-0.25, -0.2) is 4.98 Å². The Labute approximate surface area is 163 Å². The number of carbonyl (C=O) groups excluding carboxylic acids is 1. The van der Waals surface area contributed by atoms with Crippen LogP contribution in [-0.2, 0) is 4.79 Å². The number of benzene rings is 2. The average molecular weight is 384 g/mol. The highest BCUT2D eigenvalue weighted by Gasteiger charge is 2.19. The van der Waals surface area contributed by atoms with Gasteiger partial charge in [0.1, 0.15) is 5.75 Å². The average Bonchev–Trinajstić information content (AvgIpc) is 3.08. The largest absolute Gasteiger partial charge is 0.497 e. The first-order valence-electron chi connectivity index (χ1n) is 9.12. The first-order chi connectivity index (χ1) is 13.0. The topological polar surface area (TPSA) is 67.0 Å². The van der Waals surface area contributed by atoms with Gasteiger partial charge in [0.25, 0.3) is 0 Å². The number of rotatable bonds is 7. The molecule has 0 aliphatic carbocycles. The number of para-hydroxylation sites is 1. The number of thioether (sulfide) groups is 1. The van der Waals surface area contributed by atoms with Crippen LogP contribution in [0.1, 0.15) is 38.7 Å². The molecule has 0 fully saturated rings. The maximum Gasteiger partial charge on any atom is 0.237 e. The minimum absolute atomic E-state index is 0.0335. The molecule has 0 bridgehead atoms. The fraction of sp³-hybridized carbons (Fsp3) is 0.333. The molecule has 0 radical (unpaired) electrons. The van der Waals surface area contributed by atoms with Crippen molar-refractivity contribution < 1.29 is 9.53 Å². The first kappa shape index (κ1) is 19.3. The SMILES string of the molecule is CC[C@H](C)c1ccccc1NC(=O)[C@H](C)Sc1nc2ccc(OC)cc2[nH]1. The van der Waals surface area contributed by atoms with E-state index in [9.17, 15) is 4.79 Å². The lowest BCUT2D eigenvalue weighted by atomic mass is 9.97. The molecule has 5 nitrogen and oxygen atoms in total. The fourth-order valence-corrected chi connectivity index (χ4v) is 3.68. The van der Waals surface area contributed by atoms with E-state index in [1.807, 2.05) is 43.3 Å². The van der Waals surface area contributed by atoms with Crippen LogP contribution in [0.15, 0.2) is 47.6 Å². The minimum atomic E-state index is -0.280. The lowest BCUT2D eigenvalue weighted by molar-refractivity contribution is -0.115. The Bertz CT molecular complexity index is 938. The number of nitrogens with zero attached hydrogens (tertiary/aromatic N) is 1. The Balaban J connectivity index is 1.71. The van der Waals surface area contributed by atoms with E-state index < -0.39 is 0 Å². The van der Waals surface area contributed by atoms with E-state index in [1.54, 1.807) is 7.11 Å². The zero-order chi connectivity index (χ0) is 19.4. The van der Waals surface area contributed by atoms with Gasteiger partial charge in [0, 0.05) is 11.8 Å². The monoisotopic (exact) mass is 383 g/mol. The highest BCUT2D eigenvalue weighted by molar-refractivity contribution is 8.00. The summed E-state index contributed by atoms with van der Waals surface area (Å²) in [6, 6.07) is 13.7. The van der Waals surface area contributed by atoms with Crippen LogP contribution in [0.4, 0.5) is 5.69 Å². The standard InChI is InChI=1S/C21H25N3O2S/c1-5-13(2)16-8-6-7-9-17(16)22-20(25)14(3)27-21-23-18-11-10-15(26-4)12-19(18)24-21/h6-14H,5H2,1-4H3,(H,22,25)(H,23,24)/t13-,14-/m0/s1. The van der Waals surface area contributed by atoms with Crippen molar-refractivity contribution in [2.75, 3.05) is 12.4 Å². The molecule has 0 spiro atoms. The van der Waals surface area contributed by atoms with Gasteiger partial charge in [-0.05, 0) is 43.0 Å². The van der Waals surface area contributed by atoms with Crippen LogP contribution in [0, 0.1) is 0 Å².